The van der Waals surface area contributed by atoms with Crippen LogP contribution in [0.25, 0.3) is 0 Å². The Labute approximate surface area is 172 Å². The van der Waals surface area contributed by atoms with Gasteiger partial charge in [0.15, 0.2) is 0 Å². The molecule has 10 heteroatoms. The normalized spacial score (nSPS) is 13.8. The van der Waals surface area contributed by atoms with Crippen LogP contribution in [0.1, 0.15) is 16.8 Å². The number of hydrogen-bond acceptors (Lipinski definition) is 6. The zero-order chi connectivity index (χ0) is 20.8. The van der Waals surface area contributed by atoms with Gasteiger partial charge in [0, 0.05) is 57.5 Å². The number of non-ortho nitro benzene ring substituents is 1. The van der Waals surface area contributed by atoms with Gasteiger partial charge in [0.2, 0.25) is 5.91 Å². The van der Waals surface area contributed by atoms with Crippen molar-refractivity contribution in [3.63, 3.8) is 0 Å². The molecule has 2 aromatic rings. The van der Waals surface area contributed by atoms with E-state index in [-0.39, 0.29) is 35.1 Å². The summed E-state index contributed by atoms with van der Waals surface area (Å²) < 4.78 is 0. The highest BCUT2D eigenvalue weighted by Crippen LogP contribution is 2.22. The first-order chi connectivity index (χ1) is 14.0. The van der Waals surface area contributed by atoms with E-state index in [1.54, 1.807) is 11.1 Å². The van der Waals surface area contributed by atoms with Crippen molar-refractivity contribution in [2.45, 2.75) is 6.42 Å². The van der Waals surface area contributed by atoms with Crippen LogP contribution in [0.2, 0.25) is 5.02 Å². The van der Waals surface area contributed by atoms with Gasteiger partial charge in [-0.05, 0) is 18.2 Å². The van der Waals surface area contributed by atoms with Crippen molar-refractivity contribution in [3.8, 4) is 0 Å². The minimum atomic E-state index is -0.596. The van der Waals surface area contributed by atoms with Gasteiger partial charge in [0.1, 0.15) is 5.82 Å². The van der Waals surface area contributed by atoms with Gasteiger partial charge < -0.3 is 15.1 Å². The molecule has 0 radical (unpaired) electrons. The minimum absolute atomic E-state index is 0.0114. The summed E-state index contributed by atoms with van der Waals surface area (Å²) in [7, 11) is 0. The van der Waals surface area contributed by atoms with Crippen LogP contribution < -0.4 is 10.2 Å². The number of carbonyl (C=O) groups excluding carboxylic acids is 2. The third-order valence-corrected chi connectivity index (χ3v) is 4.97. The molecular formula is C19H20ClN5O4. The first-order valence-corrected chi connectivity index (χ1v) is 9.49. The van der Waals surface area contributed by atoms with Crippen LogP contribution in [0.4, 0.5) is 11.5 Å². The lowest BCUT2D eigenvalue weighted by atomic mass is 10.2. The van der Waals surface area contributed by atoms with Crippen LogP contribution in [0, 0.1) is 10.1 Å². The zero-order valence-corrected chi connectivity index (χ0v) is 16.3. The Bertz CT molecular complexity index is 901. The van der Waals surface area contributed by atoms with E-state index in [1.165, 1.54) is 12.1 Å². The summed E-state index contributed by atoms with van der Waals surface area (Å²) in [5, 5.41) is 13.6. The smallest absolute Gasteiger partial charge is 0.270 e. The van der Waals surface area contributed by atoms with Crippen LogP contribution >= 0.6 is 11.6 Å². The van der Waals surface area contributed by atoms with Gasteiger partial charge in [-0.1, -0.05) is 17.7 Å². The molecule has 1 saturated heterocycles. The number of nitro benzene ring substituents is 1. The Kier molecular flexibility index (Phi) is 6.61. The molecule has 3 rings (SSSR count). The molecule has 152 valence electrons. The highest BCUT2D eigenvalue weighted by atomic mass is 35.5. The predicted molar refractivity (Wildman–Crippen MR) is 108 cm³/mol. The third kappa shape index (κ3) is 5.20. The molecule has 9 nitrogen and oxygen atoms in total. The lowest BCUT2D eigenvalue weighted by Gasteiger charge is -2.35. The maximum Gasteiger partial charge on any atom is 0.270 e. The second-order valence-electron chi connectivity index (χ2n) is 6.48. The number of carbonyl (C=O) groups is 2. The molecule has 0 unspecified atom stereocenters. The Morgan fingerprint density at radius 3 is 2.59 bits per heavy atom. The van der Waals surface area contributed by atoms with Crippen LogP contribution in [0.15, 0.2) is 42.6 Å². The molecule has 0 spiro atoms. The van der Waals surface area contributed by atoms with Crippen molar-refractivity contribution < 1.29 is 14.5 Å². The number of anilines is 1. The standard InChI is InChI=1S/C19H20ClN5O4/c20-16-5-4-14(25(28)29)13-15(16)19(27)22-8-6-18(26)24-11-9-23(10-12-24)17-3-1-2-7-21-17/h1-5,7,13H,6,8-12H2,(H,22,27). The summed E-state index contributed by atoms with van der Waals surface area (Å²) in [5.41, 5.74) is -0.210. The number of nitro groups is 1. The number of hydrogen-bond donors (Lipinski definition) is 1. The number of benzene rings is 1. The van der Waals surface area contributed by atoms with Crippen LogP contribution in [0.3, 0.4) is 0 Å². The predicted octanol–water partition coefficient (Wildman–Crippen LogP) is 2.11. The van der Waals surface area contributed by atoms with E-state index in [0.717, 1.165) is 11.9 Å². The van der Waals surface area contributed by atoms with Gasteiger partial charge in [-0.2, -0.15) is 0 Å². The number of pyridine rings is 1. The van der Waals surface area contributed by atoms with Crippen molar-refractivity contribution in [2.24, 2.45) is 0 Å². The van der Waals surface area contributed by atoms with Crippen LogP contribution in [0.5, 0.6) is 0 Å². The largest absolute Gasteiger partial charge is 0.353 e. The average Bonchev–Trinajstić information content (AvgIpc) is 2.74. The quantitative estimate of drug-likeness (QED) is 0.569. The second-order valence-corrected chi connectivity index (χ2v) is 6.89. The third-order valence-electron chi connectivity index (χ3n) is 4.64. The second kappa shape index (κ2) is 9.33. The molecule has 1 aromatic carbocycles. The van der Waals surface area contributed by atoms with Crippen molar-refractivity contribution in [3.05, 3.63) is 63.3 Å². The summed E-state index contributed by atoms with van der Waals surface area (Å²) in [6.45, 7) is 2.67. The molecule has 0 bridgehead atoms. The summed E-state index contributed by atoms with van der Waals surface area (Å²) in [5.74, 6) is 0.281. The highest BCUT2D eigenvalue weighted by Gasteiger charge is 2.22. The zero-order valence-electron chi connectivity index (χ0n) is 15.6. The summed E-state index contributed by atoms with van der Waals surface area (Å²) in [6, 6.07) is 9.38. The molecule has 1 N–H and O–H groups in total. The van der Waals surface area contributed by atoms with Gasteiger partial charge in [0.05, 0.1) is 15.5 Å². The number of nitrogens with zero attached hydrogens (tertiary/aromatic N) is 4. The number of amides is 2. The molecule has 2 amide bonds. The fourth-order valence-electron chi connectivity index (χ4n) is 3.06. The van der Waals surface area contributed by atoms with E-state index < -0.39 is 10.8 Å². The molecule has 1 fully saturated rings. The van der Waals surface area contributed by atoms with Gasteiger partial charge in [-0.3, -0.25) is 19.7 Å². The van der Waals surface area contributed by atoms with Crippen molar-refractivity contribution in [1.82, 2.24) is 15.2 Å². The minimum Gasteiger partial charge on any atom is -0.353 e. The van der Waals surface area contributed by atoms with E-state index in [9.17, 15) is 19.7 Å². The lowest BCUT2D eigenvalue weighted by Crippen LogP contribution is -2.49. The summed E-state index contributed by atoms with van der Waals surface area (Å²) in [4.78, 5) is 43.1. The summed E-state index contributed by atoms with van der Waals surface area (Å²) in [6.07, 6.45) is 1.88. The van der Waals surface area contributed by atoms with E-state index in [1.807, 2.05) is 18.2 Å². The van der Waals surface area contributed by atoms with E-state index in [0.29, 0.717) is 26.2 Å². The number of nitrogens with one attached hydrogen (secondary N) is 1. The Hall–Kier alpha value is -3.20. The number of halogens is 1. The molecule has 2 heterocycles. The van der Waals surface area contributed by atoms with E-state index in [2.05, 4.69) is 15.2 Å². The molecule has 29 heavy (non-hydrogen) atoms. The van der Waals surface area contributed by atoms with Crippen molar-refractivity contribution >= 4 is 34.9 Å². The SMILES string of the molecule is O=C(NCCC(=O)N1CCN(c2ccccn2)CC1)c1cc([N+](=O)[O-])ccc1Cl. The molecule has 1 aliphatic rings. The Balaban J connectivity index is 1.46. The average molecular weight is 418 g/mol. The van der Waals surface area contributed by atoms with Crippen LogP contribution in [-0.4, -0.2) is 59.3 Å². The highest BCUT2D eigenvalue weighted by molar-refractivity contribution is 6.33. The van der Waals surface area contributed by atoms with Gasteiger partial charge >= 0.3 is 0 Å². The Morgan fingerprint density at radius 2 is 1.93 bits per heavy atom. The van der Waals surface area contributed by atoms with Gasteiger partial charge in [0.25, 0.3) is 11.6 Å². The Morgan fingerprint density at radius 1 is 1.17 bits per heavy atom. The maximum atomic E-state index is 12.4. The first-order valence-electron chi connectivity index (χ1n) is 9.11. The van der Waals surface area contributed by atoms with Crippen molar-refractivity contribution in [2.75, 3.05) is 37.6 Å². The number of rotatable bonds is 6. The van der Waals surface area contributed by atoms with Crippen molar-refractivity contribution in [1.29, 1.82) is 0 Å². The van der Waals surface area contributed by atoms with E-state index in [4.69, 9.17) is 11.6 Å². The van der Waals surface area contributed by atoms with Gasteiger partial charge in [-0.15, -0.1) is 0 Å². The molecule has 1 aromatic heterocycles. The van der Waals surface area contributed by atoms with Crippen LogP contribution in [-0.2, 0) is 4.79 Å². The fourth-order valence-corrected chi connectivity index (χ4v) is 3.27. The first kappa shape index (κ1) is 20.5. The topological polar surface area (TPSA) is 109 Å². The molecule has 0 saturated carbocycles. The maximum absolute atomic E-state index is 12.4. The molecule has 0 aliphatic carbocycles. The molecular weight excluding hydrogens is 398 g/mol. The molecule has 0 atom stereocenters. The molecule has 1 aliphatic heterocycles. The summed E-state index contributed by atoms with van der Waals surface area (Å²) >= 11 is 5.95. The lowest BCUT2D eigenvalue weighted by molar-refractivity contribution is -0.384. The fraction of sp³-hybridized carbons (Fsp3) is 0.316. The number of aromatic nitrogens is 1. The van der Waals surface area contributed by atoms with Gasteiger partial charge in [-0.25, -0.2) is 4.98 Å². The monoisotopic (exact) mass is 417 g/mol. The van der Waals surface area contributed by atoms with E-state index >= 15 is 0 Å². The number of piperazine rings is 1.